The Morgan fingerprint density at radius 1 is 1.14 bits per heavy atom. The highest BCUT2D eigenvalue weighted by molar-refractivity contribution is 5.94. The van der Waals surface area contributed by atoms with Gasteiger partial charge in [-0.25, -0.2) is 0 Å². The molecule has 0 fully saturated rings. The van der Waals surface area contributed by atoms with E-state index in [2.05, 4.69) is 5.32 Å². The number of carboxylic acid groups (broad SMARTS) is 1. The van der Waals surface area contributed by atoms with Gasteiger partial charge in [0.1, 0.15) is 5.75 Å². The molecule has 0 saturated carbocycles. The summed E-state index contributed by atoms with van der Waals surface area (Å²) < 4.78 is 5.08. The Morgan fingerprint density at radius 3 is 2.50 bits per heavy atom. The third-order valence-electron chi connectivity index (χ3n) is 3.24. The predicted octanol–water partition coefficient (Wildman–Crippen LogP) is 2.89. The van der Waals surface area contributed by atoms with Crippen LogP contribution in [0, 0.1) is 0 Å². The van der Waals surface area contributed by atoms with Gasteiger partial charge < -0.3 is 15.2 Å². The minimum atomic E-state index is -1.02. The van der Waals surface area contributed by atoms with Crippen LogP contribution in [-0.4, -0.2) is 24.1 Å². The van der Waals surface area contributed by atoms with Crippen molar-refractivity contribution in [3.63, 3.8) is 0 Å². The minimum absolute atomic E-state index is 0.128. The van der Waals surface area contributed by atoms with E-state index in [1.165, 1.54) is 7.11 Å². The van der Waals surface area contributed by atoms with Gasteiger partial charge in [0.2, 0.25) is 5.91 Å². The molecule has 5 heteroatoms. The van der Waals surface area contributed by atoms with E-state index in [0.29, 0.717) is 17.0 Å². The van der Waals surface area contributed by atoms with Crippen LogP contribution in [0.15, 0.2) is 54.6 Å². The molecular weight excluding hydrogens is 282 g/mol. The highest BCUT2D eigenvalue weighted by atomic mass is 16.5. The van der Waals surface area contributed by atoms with Crippen molar-refractivity contribution in [1.29, 1.82) is 0 Å². The standard InChI is InChI=1S/C17H17NO4/c1-22-14-9-5-8-13(10-14)18-16(19)11-15(17(20)21)12-6-3-2-4-7-12/h2-10,15H,11H2,1H3,(H,18,19)(H,20,21)/t15-/m0/s1. The summed E-state index contributed by atoms with van der Waals surface area (Å²) in [6.07, 6.45) is -0.128. The maximum absolute atomic E-state index is 12.1. The number of carbonyl (C=O) groups is 2. The van der Waals surface area contributed by atoms with Crippen LogP contribution >= 0.6 is 0 Å². The van der Waals surface area contributed by atoms with E-state index in [0.717, 1.165) is 0 Å². The summed E-state index contributed by atoms with van der Waals surface area (Å²) in [5.41, 5.74) is 1.18. The van der Waals surface area contributed by atoms with Crippen LogP contribution < -0.4 is 10.1 Å². The van der Waals surface area contributed by atoms with Gasteiger partial charge in [0, 0.05) is 18.2 Å². The Morgan fingerprint density at radius 2 is 1.86 bits per heavy atom. The predicted molar refractivity (Wildman–Crippen MR) is 83.1 cm³/mol. The molecule has 22 heavy (non-hydrogen) atoms. The summed E-state index contributed by atoms with van der Waals surface area (Å²) in [6, 6.07) is 15.6. The first-order valence-electron chi connectivity index (χ1n) is 6.82. The molecule has 1 amide bonds. The first kappa shape index (κ1) is 15.6. The Labute approximate surface area is 128 Å². The van der Waals surface area contributed by atoms with Crippen LogP contribution in [0.3, 0.4) is 0 Å². The van der Waals surface area contributed by atoms with Crippen LogP contribution in [-0.2, 0) is 9.59 Å². The van der Waals surface area contributed by atoms with Crippen molar-refractivity contribution < 1.29 is 19.4 Å². The summed E-state index contributed by atoms with van der Waals surface area (Å²) in [7, 11) is 1.54. The zero-order chi connectivity index (χ0) is 15.9. The summed E-state index contributed by atoms with van der Waals surface area (Å²) in [5, 5.41) is 12.0. The lowest BCUT2D eigenvalue weighted by molar-refractivity contribution is -0.140. The number of aliphatic carboxylic acids is 1. The fraction of sp³-hybridized carbons (Fsp3) is 0.176. The van der Waals surface area contributed by atoms with Crippen molar-refractivity contribution in [2.45, 2.75) is 12.3 Å². The second-order valence-electron chi connectivity index (χ2n) is 4.79. The van der Waals surface area contributed by atoms with Gasteiger partial charge in [0.25, 0.3) is 0 Å². The number of rotatable bonds is 6. The van der Waals surface area contributed by atoms with Crippen molar-refractivity contribution in [1.82, 2.24) is 0 Å². The average molecular weight is 299 g/mol. The zero-order valence-electron chi connectivity index (χ0n) is 12.2. The molecule has 2 N–H and O–H groups in total. The molecule has 0 bridgehead atoms. The molecule has 0 unspecified atom stereocenters. The number of anilines is 1. The quantitative estimate of drug-likeness (QED) is 0.860. The molecule has 5 nitrogen and oxygen atoms in total. The molecule has 0 aliphatic rings. The van der Waals surface area contributed by atoms with Crippen molar-refractivity contribution in [2.24, 2.45) is 0 Å². The van der Waals surface area contributed by atoms with Crippen molar-refractivity contribution in [3.05, 3.63) is 60.2 Å². The second kappa shape index (κ2) is 7.26. The number of nitrogens with one attached hydrogen (secondary N) is 1. The maximum atomic E-state index is 12.1. The van der Waals surface area contributed by atoms with Gasteiger partial charge in [-0.1, -0.05) is 36.4 Å². The summed E-state index contributed by atoms with van der Waals surface area (Å²) in [4.78, 5) is 23.5. The smallest absolute Gasteiger partial charge is 0.311 e. The third-order valence-corrected chi connectivity index (χ3v) is 3.24. The van der Waals surface area contributed by atoms with E-state index in [4.69, 9.17) is 4.74 Å². The van der Waals surface area contributed by atoms with Gasteiger partial charge in [0.15, 0.2) is 0 Å². The van der Waals surface area contributed by atoms with Gasteiger partial charge in [-0.15, -0.1) is 0 Å². The van der Waals surface area contributed by atoms with Gasteiger partial charge >= 0.3 is 5.97 Å². The maximum Gasteiger partial charge on any atom is 0.311 e. The number of methoxy groups -OCH3 is 1. The minimum Gasteiger partial charge on any atom is -0.497 e. The highest BCUT2D eigenvalue weighted by Crippen LogP contribution is 2.22. The lowest BCUT2D eigenvalue weighted by Crippen LogP contribution is -2.20. The molecule has 2 aromatic carbocycles. The number of hydrogen-bond donors (Lipinski definition) is 2. The number of ether oxygens (including phenoxy) is 1. The Balaban J connectivity index is 2.07. The molecule has 0 heterocycles. The van der Waals surface area contributed by atoms with Gasteiger partial charge in [-0.05, 0) is 17.7 Å². The molecule has 0 aliphatic carbocycles. The van der Waals surface area contributed by atoms with Crippen molar-refractivity contribution in [2.75, 3.05) is 12.4 Å². The molecule has 0 radical (unpaired) electrons. The van der Waals surface area contributed by atoms with E-state index >= 15 is 0 Å². The lowest BCUT2D eigenvalue weighted by atomic mass is 9.95. The number of benzene rings is 2. The van der Waals surface area contributed by atoms with Crippen molar-refractivity contribution in [3.8, 4) is 5.75 Å². The molecule has 0 spiro atoms. The van der Waals surface area contributed by atoms with Crippen LogP contribution in [0.2, 0.25) is 0 Å². The molecule has 0 aliphatic heterocycles. The van der Waals surface area contributed by atoms with Gasteiger partial charge in [0.05, 0.1) is 13.0 Å². The Kier molecular flexibility index (Phi) is 5.14. The molecular formula is C17H17NO4. The third kappa shape index (κ3) is 4.09. The topological polar surface area (TPSA) is 75.6 Å². The summed E-state index contributed by atoms with van der Waals surface area (Å²) in [5.74, 6) is -1.63. The fourth-order valence-electron chi connectivity index (χ4n) is 2.13. The van der Waals surface area contributed by atoms with E-state index in [-0.39, 0.29) is 12.3 Å². The first-order valence-corrected chi connectivity index (χ1v) is 6.82. The molecule has 2 aromatic rings. The molecule has 114 valence electrons. The van der Waals surface area contributed by atoms with Crippen LogP contribution in [0.4, 0.5) is 5.69 Å². The van der Waals surface area contributed by atoms with Gasteiger partial charge in [-0.2, -0.15) is 0 Å². The molecule has 0 saturated heterocycles. The zero-order valence-corrected chi connectivity index (χ0v) is 12.2. The molecule has 2 rings (SSSR count). The first-order chi connectivity index (χ1) is 10.6. The normalized spacial score (nSPS) is 11.5. The van der Waals surface area contributed by atoms with E-state index in [1.807, 2.05) is 0 Å². The number of hydrogen-bond acceptors (Lipinski definition) is 3. The van der Waals surface area contributed by atoms with Crippen LogP contribution in [0.25, 0.3) is 0 Å². The van der Waals surface area contributed by atoms with E-state index in [1.54, 1.807) is 54.6 Å². The van der Waals surface area contributed by atoms with Crippen LogP contribution in [0.5, 0.6) is 5.75 Å². The number of carbonyl (C=O) groups excluding carboxylic acids is 1. The second-order valence-corrected chi connectivity index (χ2v) is 4.79. The monoisotopic (exact) mass is 299 g/mol. The Hall–Kier alpha value is -2.82. The highest BCUT2D eigenvalue weighted by Gasteiger charge is 2.23. The SMILES string of the molecule is COc1cccc(NC(=O)C[C@H](C(=O)O)c2ccccc2)c1. The molecule has 1 atom stereocenters. The summed E-state index contributed by atoms with van der Waals surface area (Å²) in [6.45, 7) is 0. The average Bonchev–Trinajstić information content (AvgIpc) is 2.53. The number of carboxylic acids is 1. The van der Waals surface area contributed by atoms with E-state index < -0.39 is 11.9 Å². The van der Waals surface area contributed by atoms with Crippen LogP contribution in [0.1, 0.15) is 17.9 Å². The lowest BCUT2D eigenvalue weighted by Gasteiger charge is -2.13. The largest absolute Gasteiger partial charge is 0.497 e. The fourth-order valence-corrected chi connectivity index (χ4v) is 2.13. The van der Waals surface area contributed by atoms with E-state index in [9.17, 15) is 14.7 Å². The molecule has 0 aromatic heterocycles. The number of amides is 1. The van der Waals surface area contributed by atoms with Gasteiger partial charge in [-0.3, -0.25) is 9.59 Å². The Bertz CT molecular complexity index is 655. The summed E-state index contributed by atoms with van der Waals surface area (Å²) >= 11 is 0. The van der Waals surface area contributed by atoms with Crippen molar-refractivity contribution >= 4 is 17.6 Å².